The van der Waals surface area contributed by atoms with E-state index >= 15 is 0 Å². The van der Waals surface area contributed by atoms with Gasteiger partial charge in [0.2, 0.25) is 5.91 Å². The molecule has 24 heavy (non-hydrogen) atoms. The van der Waals surface area contributed by atoms with Crippen LogP contribution >= 0.6 is 0 Å². The number of rotatable bonds is 6. The summed E-state index contributed by atoms with van der Waals surface area (Å²) in [7, 11) is 1.65. The summed E-state index contributed by atoms with van der Waals surface area (Å²) in [4.78, 5) is 12.4. The van der Waals surface area contributed by atoms with Crippen molar-refractivity contribution < 1.29 is 13.9 Å². The molecule has 0 bridgehead atoms. The minimum atomic E-state index is -0.285. The lowest BCUT2D eigenvalue weighted by atomic mass is 9.85. The Morgan fingerprint density at radius 2 is 2.38 bits per heavy atom. The van der Waals surface area contributed by atoms with E-state index < -0.39 is 0 Å². The van der Waals surface area contributed by atoms with Crippen LogP contribution in [0.25, 0.3) is 11.3 Å². The summed E-state index contributed by atoms with van der Waals surface area (Å²) >= 11 is 0. The summed E-state index contributed by atoms with van der Waals surface area (Å²) in [6, 6.07) is 6.41. The Bertz CT molecular complexity index is 714. The topological polar surface area (TPSA) is 67.0 Å². The lowest BCUT2D eigenvalue weighted by Gasteiger charge is -2.22. The Balaban J connectivity index is 1.71. The van der Waals surface area contributed by atoms with Crippen molar-refractivity contribution in [2.45, 2.75) is 25.7 Å². The Morgan fingerprint density at radius 1 is 1.50 bits per heavy atom. The first-order valence-electron chi connectivity index (χ1n) is 8.27. The number of methoxy groups -OCH3 is 1. The summed E-state index contributed by atoms with van der Waals surface area (Å²) < 4.78 is 18.5. The van der Waals surface area contributed by atoms with Crippen molar-refractivity contribution >= 4 is 5.91 Å². The van der Waals surface area contributed by atoms with E-state index in [1.54, 1.807) is 13.2 Å². The van der Waals surface area contributed by atoms with Gasteiger partial charge >= 0.3 is 0 Å². The first-order chi connectivity index (χ1) is 11.7. The summed E-state index contributed by atoms with van der Waals surface area (Å²) in [5.74, 6) is -0.277. The van der Waals surface area contributed by atoms with E-state index in [1.165, 1.54) is 12.1 Å². The van der Waals surface area contributed by atoms with Crippen molar-refractivity contribution in [3.05, 3.63) is 41.3 Å². The highest BCUT2D eigenvalue weighted by Crippen LogP contribution is 2.32. The maximum atomic E-state index is 13.5. The van der Waals surface area contributed by atoms with Gasteiger partial charge in [0.05, 0.1) is 5.69 Å². The first kappa shape index (κ1) is 16.6. The van der Waals surface area contributed by atoms with E-state index in [1.807, 2.05) is 6.07 Å². The number of carbonyl (C=O) groups excluding carboxylic acids is 1. The van der Waals surface area contributed by atoms with Crippen molar-refractivity contribution in [2.75, 3.05) is 20.3 Å². The molecule has 1 aromatic heterocycles. The third-order valence-corrected chi connectivity index (χ3v) is 4.44. The number of aromatic nitrogens is 2. The van der Waals surface area contributed by atoms with Crippen LogP contribution in [0.5, 0.6) is 0 Å². The Labute approximate surface area is 140 Å². The Morgan fingerprint density at radius 3 is 3.17 bits per heavy atom. The zero-order valence-electron chi connectivity index (χ0n) is 13.8. The molecule has 0 spiro atoms. The molecule has 0 aliphatic heterocycles. The quantitative estimate of drug-likeness (QED) is 0.799. The second-order valence-electron chi connectivity index (χ2n) is 6.12. The second-order valence-corrected chi connectivity index (χ2v) is 6.12. The van der Waals surface area contributed by atoms with Crippen LogP contribution in [0.2, 0.25) is 0 Å². The van der Waals surface area contributed by atoms with E-state index in [0.717, 1.165) is 41.8 Å². The number of aryl methyl sites for hydroxylation is 1. The lowest BCUT2D eigenvalue weighted by molar-refractivity contribution is -0.125. The van der Waals surface area contributed by atoms with Crippen LogP contribution in [-0.4, -0.2) is 36.4 Å². The number of amides is 1. The van der Waals surface area contributed by atoms with Gasteiger partial charge in [0.25, 0.3) is 0 Å². The van der Waals surface area contributed by atoms with E-state index in [0.29, 0.717) is 19.6 Å². The molecule has 1 amide bonds. The molecule has 1 aliphatic carbocycles. The van der Waals surface area contributed by atoms with Crippen LogP contribution in [0, 0.1) is 11.7 Å². The van der Waals surface area contributed by atoms with Crippen LogP contribution in [0.15, 0.2) is 24.3 Å². The Hall–Kier alpha value is -2.21. The number of hydrogen-bond acceptors (Lipinski definition) is 3. The number of nitrogens with zero attached hydrogens (tertiary/aromatic N) is 1. The molecule has 0 fully saturated rings. The maximum absolute atomic E-state index is 13.5. The predicted octanol–water partition coefficient (Wildman–Crippen LogP) is 2.47. The van der Waals surface area contributed by atoms with Gasteiger partial charge in [0.15, 0.2) is 0 Å². The number of halogens is 1. The number of carbonyl (C=O) groups is 1. The van der Waals surface area contributed by atoms with Gasteiger partial charge in [0.1, 0.15) is 5.82 Å². The van der Waals surface area contributed by atoms with Crippen molar-refractivity contribution in [3.8, 4) is 11.3 Å². The lowest BCUT2D eigenvalue weighted by Crippen LogP contribution is -2.34. The van der Waals surface area contributed by atoms with Crippen LogP contribution in [-0.2, 0) is 22.4 Å². The molecule has 3 rings (SSSR count). The molecule has 1 aliphatic rings. The normalized spacial score (nSPS) is 16.7. The minimum Gasteiger partial charge on any atom is -0.385 e. The minimum absolute atomic E-state index is 0.0649. The van der Waals surface area contributed by atoms with E-state index in [9.17, 15) is 9.18 Å². The van der Waals surface area contributed by atoms with E-state index in [2.05, 4.69) is 15.5 Å². The third-order valence-electron chi connectivity index (χ3n) is 4.44. The van der Waals surface area contributed by atoms with Crippen LogP contribution in [0.4, 0.5) is 4.39 Å². The van der Waals surface area contributed by atoms with Crippen molar-refractivity contribution in [2.24, 2.45) is 5.92 Å². The summed E-state index contributed by atoms with van der Waals surface area (Å²) in [5, 5.41) is 10.4. The number of hydrogen-bond donors (Lipinski definition) is 2. The second kappa shape index (κ2) is 7.57. The molecule has 0 radical (unpaired) electrons. The van der Waals surface area contributed by atoms with Gasteiger partial charge < -0.3 is 10.1 Å². The molecule has 2 aromatic rings. The van der Waals surface area contributed by atoms with Crippen molar-refractivity contribution in [3.63, 3.8) is 0 Å². The highest BCUT2D eigenvalue weighted by Gasteiger charge is 2.28. The van der Waals surface area contributed by atoms with Crippen molar-refractivity contribution in [1.82, 2.24) is 15.5 Å². The Kier molecular flexibility index (Phi) is 5.25. The standard InChI is InChI=1S/C18H22FN3O2/c1-24-9-3-8-20-18(23)13-6-7-16-15(11-13)17(22-21-16)12-4-2-5-14(19)10-12/h2,4-5,10,13H,3,6-9,11H2,1H3,(H,20,23)(H,21,22). The molecule has 1 heterocycles. The monoisotopic (exact) mass is 331 g/mol. The van der Waals surface area contributed by atoms with Gasteiger partial charge in [-0.2, -0.15) is 5.10 Å². The smallest absolute Gasteiger partial charge is 0.223 e. The molecule has 2 N–H and O–H groups in total. The fourth-order valence-electron chi connectivity index (χ4n) is 3.17. The average molecular weight is 331 g/mol. The van der Waals surface area contributed by atoms with Crippen LogP contribution < -0.4 is 5.32 Å². The zero-order chi connectivity index (χ0) is 16.9. The number of H-pyrrole nitrogens is 1. The molecule has 0 saturated carbocycles. The predicted molar refractivity (Wildman–Crippen MR) is 89.0 cm³/mol. The molecule has 1 unspecified atom stereocenters. The zero-order valence-corrected chi connectivity index (χ0v) is 13.8. The number of benzene rings is 1. The maximum Gasteiger partial charge on any atom is 0.223 e. The SMILES string of the molecule is COCCCNC(=O)C1CCc2[nH]nc(-c3cccc(F)c3)c2C1. The van der Waals surface area contributed by atoms with Gasteiger partial charge in [-0.3, -0.25) is 9.89 Å². The first-order valence-corrected chi connectivity index (χ1v) is 8.27. The van der Waals surface area contributed by atoms with Gasteiger partial charge in [0, 0.05) is 43.0 Å². The van der Waals surface area contributed by atoms with E-state index in [-0.39, 0.29) is 17.6 Å². The number of nitrogens with one attached hydrogen (secondary N) is 2. The fraction of sp³-hybridized carbons (Fsp3) is 0.444. The molecule has 1 aromatic carbocycles. The van der Waals surface area contributed by atoms with Gasteiger partial charge in [-0.1, -0.05) is 12.1 Å². The van der Waals surface area contributed by atoms with Crippen molar-refractivity contribution in [1.29, 1.82) is 0 Å². The molecule has 5 nitrogen and oxygen atoms in total. The number of aromatic amines is 1. The third kappa shape index (κ3) is 3.64. The summed E-state index contributed by atoms with van der Waals surface area (Å²) in [6.45, 7) is 1.26. The molecule has 1 atom stereocenters. The van der Waals surface area contributed by atoms with Gasteiger partial charge in [-0.25, -0.2) is 4.39 Å². The van der Waals surface area contributed by atoms with Gasteiger partial charge in [-0.15, -0.1) is 0 Å². The number of ether oxygens (including phenoxy) is 1. The van der Waals surface area contributed by atoms with E-state index in [4.69, 9.17) is 4.74 Å². The average Bonchev–Trinajstić information content (AvgIpc) is 3.01. The highest BCUT2D eigenvalue weighted by atomic mass is 19.1. The molecular weight excluding hydrogens is 309 g/mol. The molecule has 128 valence electrons. The molecular formula is C18H22FN3O2. The molecule has 6 heteroatoms. The van der Waals surface area contributed by atoms with Gasteiger partial charge in [-0.05, 0) is 37.8 Å². The number of fused-ring (bicyclic) bond motifs is 1. The fourth-order valence-corrected chi connectivity index (χ4v) is 3.17. The highest BCUT2D eigenvalue weighted by molar-refractivity contribution is 5.80. The van der Waals surface area contributed by atoms with Crippen LogP contribution in [0.1, 0.15) is 24.1 Å². The largest absolute Gasteiger partial charge is 0.385 e. The van der Waals surface area contributed by atoms with Crippen LogP contribution in [0.3, 0.4) is 0 Å². The molecule has 0 saturated heterocycles. The summed E-state index contributed by atoms with van der Waals surface area (Å²) in [5.41, 5.74) is 3.58. The summed E-state index contributed by atoms with van der Waals surface area (Å²) in [6.07, 6.45) is 3.02.